The van der Waals surface area contributed by atoms with Crippen molar-refractivity contribution in [2.75, 3.05) is 0 Å². The van der Waals surface area contributed by atoms with Gasteiger partial charge in [-0.3, -0.25) is 4.79 Å². The van der Waals surface area contributed by atoms with Gasteiger partial charge in [-0.25, -0.2) is 0 Å². The Kier molecular flexibility index (Phi) is 3.07. The van der Waals surface area contributed by atoms with Gasteiger partial charge in [-0.2, -0.15) is 0 Å². The molecule has 0 radical (unpaired) electrons. The third-order valence-corrected chi connectivity index (χ3v) is 2.86. The zero-order chi connectivity index (χ0) is 10.8. The van der Waals surface area contributed by atoms with E-state index in [1.54, 1.807) is 24.3 Å². The van der Waals surface area contributed by atoms with E-state index < -0.39 is 0 Å². The van der Waals surface area contributed by atoms with E-state index in [2.05, 4.69) is 31.9 Å². The van der Waals surface area contributed by atoms with Crippen molar-refractivity contribution in [3.63, 3.8) is 0 Å². The zero-order valence-corrected chi connectivity index (χ0v) is 10.7. The fourth-order valence-corrected chi connectivity index (χ4v) is 1.75. The number of carbonyl (C=O) groups excluding carboxylic acids is 1. The summed E-state index contributed by atoms with van der Waals surface area (Å²) in [5.41, 5.74) is 0.611. The van der Waals surface area contributed by atoms with Crippen LogP contribution >= 0.6 is 31.9 Å². The Morgan fingerprint density at radius 1 is 1.00 bits per heavy atom. The highest BCUT2D eigenvalue weighted by molar-refractivity contribution is 9.10. The summed E-state index contributed by atoms with van der Waals surface area (Å²) in [6.45, 7) is 0. The summed E-state index contributed by atoms with van der Waals surface area (Å²) >= 11 is 6.47. The molecule has 0 saturated carbocycles. The highest BCUT2D eigenvalue weighted by atomic mass is 79.9. The minimum atomic E-state index is -0.117. The van der Waals surface area contributed by atoms with Gasteiger partial charge in [0.05, 0.1) is 0 Å². The van der Waals surface area contributed by atoms with Crippen LogP contribution in [0.25, 0.3) is 0 Å². The molecule has 0 amide bonds. The minimum absolute atomic E-state index is 0.117. The Morgan fingerprint density at radius 3 is 2.20 bits per heavy atom. The Labute approximate surface area is 104 Å². The third kappa shape index (κ3) is 2.38. The van der Waals surface area contributed by atoms with Crippen molar-refractivity contribution in [1.82, 2.24) is 0 Å². The molecule has 0 bridgehead atoms. The molecule has 1 aromatic carbocycles. The van der Waals surface area contributed by atoms with Crippen LogP contribution in [0.5, 0.6) is 0 Å². The molecule has 0 aliphatic heterocycles. The molecule has 0 spiro atoms. The van der Waals surface area contributed by atoms with E-state index in [4.69, 9.17) is 4.42 Å². The molecule has 2 rings (SSSR count). The second-order valence-electron chi connectivity index (χ2n) is 2.94. The Bertz CT molecular complexity index is 486. The maximum absolute atomic E-state index is 11.8. The van der Waals surface area contributed by atoms with E-state index in [0.717, 1.165) is 4.47 Å². The molecule has 0 atom stereocenters. The molecule has 2 aromatic rings. The Hall–Kier alpha value is -0.870. The standard InChI is InChI=1S/C11H6Br2O2/c12-8-3-1-7(2-4-8)11(14)9-5-6-10(13)15-9/h1-6H. The first-order chi connectivity index (χ1) is 7.16. The Morgan fingerprint density at radius 2 is 1.67 bits per heavy atom. The molecule has 0 N–H and O–H groups in total. The van der Waals surface area contributed by atoms with Crippen LogP contribution in [0.3, 0.4) is 0 Å². The maximum Gasteiger partial charge on any atom is 0.228 e. The number of hydrogen-bond donors (Lipinski definition) is 0. The van der Waals surface area contributed by atoms with Gasteiger partial charge in [-0.15, -0.1) is 0 Å². The molecular formula is C11H6Br2O2. The molecule has 0 fully saturated rings. The van der Waals surface area contributed by atoms with Gasteiger partial charge in [0.25, 0.3) is 0 Å². The number of rotatable bonds is 2. The highest BCUT2D eigenvalue weighted by Gasteiger charge is 2.12. The van der Waals surface area contributed by atoms with Crippen molar-refractivity contribution in [2.24, 2.45) is 0 Å². The minimum Gasteiger partial charge on any atom is -0.446 e. The van der Waals surface area contributed by atoms with Crippen LogP contribution in [0.1, 0.15) is 16.1 Å². The number of furan rings is 1. The van der Waals surface area contributed by atoms with Crippen molar-refractivity contribution in [3.05, 3.63) is 56.9 Å². The smallest absolute Gasteiger partial charge is 0.228 e. The lowest BCUT2D eigenvalue weighted by Gasteiger charge is -1.97. The van der Waals surface area contributed by atoms with Gasteiger partial charge in [0, 0.05) is 10.0 Å². The molecular weight excluding hydrogens is 324 g/mol. The van der Waals surface area contributed by atoms with Gasteiger partial charge in [-0.05, 0) is 52.3 Å². The Balaban J connectivity index is 2.32. The van der Waals surface area contributed by atoms with E-state index in [-0.39, 0.29) is 5.78 Å². The first-order valence-electron chi connectivity index (χ1n) is 4.22. The molecule has 4 heteroatoms. The number of hydrogen-bond acceptors (Lipinski definition) is 2. The third-order valence-electron chi connectivity index (χ3n) is 1.90. The van der Waals surface area contributed by atoms with Gasteiger partial charge >= 0.3 is 0 Å². The highest BCUT2D eigenvalue weighted by Crippen LogP contribution is 2.18. The van der Waals surface area contributed by atoms with Crippen LogP contribution < -0.4 is 0 Å². The molecule has 0 aliphatic carbocycles. The monoisotopic (exact) mass is 328 g/mol. The quantitative estimate of drug-likeness (QED) is 0.778. The van der Waals surface area contributed by atoms with Gasteiger partial charge < -0.3 is 4.42 Å². The van der Waals surface area contributed by atoms with Crippen LogP contribution in [-0.4, -0.2) is 5.78 Å². The lowest BCUT2D eigenvalue weighted by Crippen LogP contribution is -1.98. The summed E-state index contributed by atoms with van der Waals surface area (Å²) in [6.07, 6.45) is 0. The van der Waals surface area contributed by atoms with E-state index in [0.29, 0.717) is 16.0 Å². The van der Waals surface area contributed by atoms with Crippen molar-refractivity contribution in [2.45, 2.75) is 0 Å². The van der Waals surface area contributed by atoms with Crippen LogP contribution in [0.4, 0.5) is 0 Å². The number of halogens is 2. The predicted octanol–water partition coefficient (Wildman–Crippen LogP) is 4.04. The number of benzene rings is 1. The fourth-order valence-electron chi connectivity index (χ4n) is 1.18. The van der Waals surface area contributed by atoms with E-state index in [1.165, 1.54) is 0 Å². The summed E-state index contributed by atoms with van der Waals surface area (Å²) in [5, 5.41) is 0. The average molecular weight is 330 g/mol. The SMILES string of the molecule is O=C(c1ccc(Br)cc1)c1ccc(Br)o1. The lowest BCUT2D eigenvalue weighted by atomic mass is 10.1. The van der Waals surface area contributed by atoms with Crippen molar-refractivity contribution in [3.8, 4) is 0 Å². The van der Waals surface area contributed by atoms with Crippen molar-refractivity contribution < 1.29 is 9.21 Å². The summed E-state index contributed by atoms with van der Waals surface area (Å²) in [4.78, 5) is 11.8. The molecule has 1 aromatic heterocycles. The summed E-state index contributed by atoms with van der Waals surface area (Å²) in [6, 6.07) is 10.5. The van der Waals surface area contributed by atoms with Gasteiger partial charge in [0.1, 0.15) is 0 Å². The van der Waals surface area contributed by atoms with Gasteiger partial charge in [-0.1, -0.05) is 15.9 Å². The van der Waals surface area contributed by atoms with Crippen LogP contribution in [0, 0.1) is 0 Å². The zero-order valence-electron chi connectivity index (χ0n) is 7.54. The molecule has 15 heavy (non-hydrogen) atoms. The largest absolute Gasteiger partial charge is 0.446 e. The second kappa shape index (κ2) is 4.33. The molecule has 2 nitrogen and oxygen atoms in total. The molecule has 0 unspecified atom stereocenters. The molecule has 0 aliphatic rings. The predicted molar refractivity (Wildman–Crippen MR) is 64.0 cm³/mol. The van der Waals surface area contributed by atoms with E-state index in [1.807, 2.05) is 12.1 Å². The topological polar surface area (TPSA) is 30.2 Å². The van der Waals surface area contributed by atoms with Crippen LogP contribution in [-0.2, 0) is 0 Å². The lowest BCUT2D eigenvalue weighted by molar-refractivity contribution is 0.101. The van der Waals surface area contributed by atoms with E-state index in [9.17, 15) is 4.79 Å². The number of carbonyl (C=O) groups is 1. The molecule has 0 saturated heterocycles. The fraction of sp³-hybridized carbons (Fsp3) is 0. The van der Waals surface area contributed by atoms with Crippen molar-refractivity contribution >= 4 is 37.6 Å². The normalized spacial score (nSPS) is 10.3. The first kappa shape index (κ1) is 10.6. The summed E-state index contributed by atoms with van der Waals surface area (Å²) in [5.74, 6) is 0.220. The number of ketones is 1. The summed E-state index contributed by atoms with van der Waals surface area (Å²) < 4.78 is 6.69. The molecule has 1 heterocycles. The second-order valence-corrected chi connectivity index (χ2v) is 4.64. The first-order valence-corrected chi connectivity index (χ1v) is 5.81. The van der Waals surface area contributed by atoms with Gasteiger partial charge in [0.2, 0.25) is 5.78 Å². The average Bonchev–Trinajstić information content (AvgIpc) is 2.65. The van der Waals surface area contributed by atoms with Gasteiger partial charge in [0.15, 0.2) is 10.4 Å². The van der Waals surface area contributed by atoms with Crippen LogP contribution in [0.15, 0.2) is 50.0 Å². The van der Waals surface area contributed by atoms with E-state index >= 15 is 0 Å². The maximum atomic E-state index is 11.8. The molecule has 76 valence electrons. The van der Waals surface area contributed by atoms with Crippen molar-refractivity contribution in [1.29, 1.82) is 0 Å². The van der Waals surface area contributed by atoms with Crippen LogP contribution in [0.2, 0.25) is 0 Å². The summed E-state index contributed by atoms with van der Waals surface area (Å²) in [7, 11) is 0.